The zero-order valence-electron chi connectivity index (χ0n) is 9.49. The zero-order chi connectivity index (χ0) is 14.6. The predicted molar refractivity (Wildman–Crippen MR) is 56.2 cm³/mol. The first-order valence-corrected chi connectivity index (χ1v) is 5.33. The Balaban J connectivity index is 2.66. The number of carbonyl (C=O) groups is 4. The first-order chi connectivity index (χ1) is 8.67. The highest BCUT2D eigenvalue weighted by Crippen LogP contribution is 2.63. The molecule has 0 aromatic rings. The lowest BCUT2D eigenvalue weighted by Gasteiger charge is -2.26. The van der Waals surface area contributed by atoms with Crippen molar-refractivity contribution in [3.63, 3.8) is 0 Å². The molecule has 2 aliphatic rings. The number of aliphatic carboxylic acids is 4. The topological polar surface area (TPSA) is 149 Å². The molecule has 2 bridgehead atoms. The van der Waals surface area contributed by atoms with E-state index < -0.39 is 59.0 Å². The van der Waals surface area contributed by atoms with Crippen molar-refractivity contribution >= 4 is 23.9 Å². The second kappa shape index (κ2) is 3.56. The minimum Gasteiger partial charge on any atom is -0.481 e. The summed E-state index contributed by atoms with van der Waals surface area (Å²) < 4.78 is 0. The van der Waals surface area contributed by atoms with Gasteiger partial charge in [0.25, 0.3) is 0 Å². The van der Waals surface area contributed by atoms with E-state index in [1.54, 1.807) is 0 Å². The van der Waals surface area contributed by atoms with Crippen molar-refractivity contribution in [1.29, 1.82) is 0 Å². The lowest BCUT2D eigenvalue weighted by atomic mass is 9.74. The molecule has 1 saturated carbocycles. The molecule has 1 fully saturated rings. The van der Waals surface area contributed by atoms with Crippen LogP contribution in [0.4, 0.5) is 0 Å². The van der Waals surface area contributed by atoms with Gasteiger partial charge in [0, 0.05) is 0 Å². The molecule has 0 aliphatic heterocycles. The van der Waals surface area contributed by atoms with Gasteiger partial charge in [-0.1, -0.05) is 6.08 Å². The fraction of sp³-hybridized carbons (Fsp3) is 0.455. The number of fused-ring (bicyclic) bond motifs is 2. The van der Waals surface area contributed by atoms with Crippen molar-refractivity contribution in [1.82, 2.24) is 0 Å². The third-order valence-electron chi connectivity index (χ3n) is 4.02. The van der Waals surface area contributed by atoms with E-state index in [2.05, 4.69) is 0 Å². The van der Waals surface area contributed by atoms with Crippen LogP contribution in [-0.4, -0.2) is 44.3 Å². The molecule has 8 nitrogen and oxygen atoms in total. The Morgan fingerprint density at radius 3 is 2.00 bits per heavy atom. The van der Waals surface area contributed by atoms with Crippen LogP contribution in [0.5, 0.6) is 0 Å². The number of carboxylic acids is 4. The van der Waals surface area contributed by atoms with Gasteiger partial charge in [-0.05, 0) is 12.8 Å². The van der Waals surface area contributed by atoms with E-state index in [1.165, 1.54) is 0 Å². The van der Waals surface area contributed by atoms with Crippen LogP contribution in [-0.2, 0) is 19.2 Å². The van der Waals surface area contributed by atoms with Crippen molar-refractivity contribution in [2.45, 2.75) is 12.8 Å². The fourth-order valence-corrected chi connectivity index (χ4v) is 3.12. The summed E-state index contributed by atoms with van der Waals surface area (Å²) >= 11 is 0. The van der Waals surface area contributed by atoms with E-state index in [0.717, 1.165) is 6.08 Å². The maximum absolute atomic E-state index is 11.3. The smallest absolute Gasteiger partial charge is 0.332 e. The van der Waals surface area contributed by atoms with Gasteiger partial charge in [0.2, 0.25) is 0 Å². The van der Waals surface area contributed by atoms with E-state index in [0.29, 0.717) is 0 Å². The Kier molecular flexibility index (Phi) is 2.45. The monoisotopic (exact) mass is 270 g/mol. The first kappa shape index (κ1) is 13.1. The zero-order valence-corrected chi connectivity index (χ0v) is 9.49. The van der Waals surface area contributed by atoms with Gasteiger partial charge in [-0.3, -0.25) is 14.4 Å². The summed E-state index contributed by atoms with van der Waals surface area (Å²) in [6.45, 7) is 0. The largest absolute Gasteiger partial charge is 0.481 e. The SMILES string of the molecule is O=C(O)C1=CC2(C(=O)O)CC1(C(=O)O)CC2C(=O)O. The van der Waals surface area contributed by atoms with Crippen LogP contribution in [0, 0.1) is 16.7 Å². The number of hydrogen-bond acceptors (Lipinski definition) is 4. The maximum Gasteiger partial charge on any atom is 0.332 e. The molecule has 4 N–H and O–H groups in total. The Hall–Kier alpha value is -2.38. The van der Waals surface area contributed by atoms with Crippen molar-refractivity contribution in [3.8, 4) is 0 Å². The molecule has 0 aromatic heterocycles. The minimum atomic E-state index is -1.96. The Morgan fingerprint density at radius 2 is 1.63 bits per heavy atom. The van der Waals surface area contributed by atoms with Crippen molar-refractivity contribution in [2.24, 2.45) is 16.7 Å². The van der Waals surface area contributed by atoms with Crippen molar-refractivity contribution in [2.75, 3.05) is 0 Å². The molecule has 0 saturated heterocycles. The standard InChI is InChI=1S/C11H10O8/c12-6(13)4-1-10(8(16)17)3-11(4,9(18)19)2-5(10)7(14)15/h1,5H,2-3H2,(H,12,13)(H,14,15)(H,16,17)(H,18,19). The highest BCUT2D eigenvalue weighted by Gasteiger charge is 2.70. The molecule has 0 heterocycles. The summed E-state index contributed by atoms with van der Waals surface area (Å²) in [5, 5.41) is 36.5. The molecule has 0 aromatic carbocycles. The molecule has 3 unspecified atom stereocenters. The normalized spacial score (nSPS) is 35.8. The lowest BCUT2D eigenvalue weighted by molar-refractivity contribution is -0.157. The summed E-state index contributed by atoms with van der Waals surface area (Å²) in [5.74, 6) is -7.43. The molecule has 0 amide bonds. The van der Waals surface area contributed by atoms with Gasteiger partial charge in [0.1, 0.15) is 10.8 Å². The number of rotatable bonds is 4. The van der Waals surface area contributed by atoms with E-state index in [4.69, 9.17) is 10.2 Å². The van der Waals surface area contributed by atoms with Crippen LogP contribution in [0.3, 0.4) is 0 Å². The molecule has 8 heteroatoms. The van der Waals surface area contributed by atoms with Gasteiger partial charge in [-0.25, -0.2) is 4.79 Å². The third kappa shape index (κ3) is 1.39. The minimum absolute atomic E-state index is 0.526. The van der Waals surface area contributed by atoms with E-state index in [1.807, 2.05) is 0 Å². The van der Waals surface area contributed by atoms with Gasteiger partial charge in [-0.2, -0.15) is 0 Å². The predicted octanol–water partition coefficient (Wildman–Crippen LogP) is -0.352. The van der Waals surface area contributed by atoms with Crippen LogP contribution in [0.15, 0.2) is 11.6 Å². The van der Waals surface area contributed by atoms with E-state index >= 15 is 0 Å². The van der Waals surface area contributed by atoms with Crippen molar-refractivity contribution in [3.05, 3.63) is 11.6 Å². The summed E-state index contributed by atoms with van der Waals surface area (Å²) in [6, 6.07) is 0. The first-order valence-electron chi connectivity index (χ1n) is 5.33. The molecule has 0 radical (unpaired) electrons. The van der Waals surface area contributed by atoms with Gasteiger partial charge < -0.3 is 20.4 Å². The second-order valence-corrected chi connectivity index (χ2v) is 4.87. The molecule has 102 valence electrons. The summed E-state index contributed by atoms with van der Waals surface area (Å²) in [5.41, 5.74) is -4.44. The summed E-state index contributed by atoms with van der Waals surface area (Å²) in [4.78, 5) is 44.9. The quantitative estimate of drug-likeness (QED) is 0.541. The van der Waals surface area contributed by atoms with E-state index in [-0.39, 0.29) is 0 Å². The lowest BCUT2D eigenvalue weighted by Crippen LogP contribution is -2.38. The molecular weight excluding hydrogens is 260 g/mol. The average Bonchev–Trinajstić information content (AvgIpc) is 2.81. The van der Waals surface area contributed by atoms with Crippen LogP contribution in [0.2, 0.25) is 0 Å². The number of carboxylic acid groups (broad SMARTS) is 4. The van der Waals surface area contributed by atoms with Gasteiger partial charge in [-0.15, -0.1) is 0 Å². The molecule has 19 heavy (non-hydrogen) atoms. The summed E-state index contributed by atoms with van der Waals surface area (Å²) in [7, 11) is 0. The Labute approximate surface area is 106 Å². The van der Waals surface area contributed by atoms with Crippen LogP contribution >= 0.6 is 0 Å². The Bertz CT molecular complexity index is 547. The maximum atomic E-state index is 11.3. The molecule has 2 rings (SSSR count). The van der Waals surface area contributed by atoms with Crippen molar-refractivity contribution < 1.29 is 39.6 Å². The summed E-state index contributed by atoms with van der Waals surface area (Å²) in [6.07, 6.45) is -0.278. The highest BCUT2D eigenvalue weighted by atomic mass is 16.4. The molecule has 3 atom stereocenters. The van der Waals surface area contributed by atoms with E-state index in [9.17, 15) is 29.4 Å². The van der Waals surface area contributed by atoms with Gasteiger partial charge >= 0.3 is 23.9 Å². The second-order valence-electron chi connectivity index (χ2n) is 4.87. The Morgan fingerprint density at radius 1 is 1.05 bits per heavy atom. The molecule has 0 spiro atoms. The van der Waals surface area contributed by atoms with Gasteiger partial charge in [0.15, 0.2) is 0 Å². The van der Waals surface area contributed by atoms with Gasteiger partial charge in [0.05, 0.1) is 11.5 Å². The van der Waals surface area contributed by atoms with Crippen LogP contribution < -0.4 is 0 Å². The fourth-order valence-electron chi connectivity index (χ4n) is 3.12. The molecular formula is C11H10O8. The molecule has 2 aliphatic carbocycles. The number of hydrogen-bond donors (Lipinski definition) is 4. The van der Waals surface area contributed by atoms with Crippen LogP contribution in [0.1, 0.15) is 12.8 Å². The highest BCUT2D eigenvalue weighted by molar-refractivity contribution is 6.03. The average molecular weight is 270 g/mol. The van der Waals surface area contributed by atoms with Crippen LogP contribution in [0.25, 0.3) is 0 Å². The third-order valence-corrected chi connectivity index (χ3v) is 4.02.